The molecule has 0 radical (unpaired) electrons. The van der Waals surface area contributed by atoms with Crippen LogP contribution in [0.1, 0.15) is 26.9 Å². The Kier molecular flexibility index (Phi) is 4.64. The fraction of sp³-hybridized carbons (Fsp3) is 0.250. The van der Waals surface area contributed by atoms with Gasteiger partial charge in [0.1, 0.15) is 0 Å². The van der Waals surface area contributed by atoms with E-state index in [4.69, 9.17) is 11.6 Å². The van der Waals surface area contributed by atoms with Crippen molar-refractivity contribution < 1.29 is 4.79 Å². The number of aryl methyl sites for hydroxylation is 2. The van der Waals surface area contributed by atoms with Crippen LogP contribution in [0.5, 0.6) is 0 Å². The van der Waals surface area contributed by atoms with Gasteiger partial charge in [-0.1, -0.05) is 17.7 Å². The van der Waals surface area contributed by atoms with Crippen molar-refractivity contribution in [2.75, 3.05) is 6.54 Å². The van der Waals surface area contributed by atoms with Gasteiger partial charge < -0.3 is 4.90 Å². The number of hydrogen-bond donors (Lipinski definition) is 0. The molecule has 0 fully saturated rings. The molecule has 8 heteroatoms. The first-order valence-electron chi connectivity index (χ1n) is 7.33. The topological polar surface area (TPSA) is 63.4 Å². The summed E-state index contributed by atoms with van der Waals surface area (Å²) in [5.41, 5.74) is 1.71. The van der Waals surface area contributed by atoms with Crippen molar-refractivity contribution in [2.45, 2.75) is 20.4 Å². The molecule has 0 aromatic carbocycles. The lowest BCUT2D eigenvalue weighted by atomic mass is 10.3. The maximum Gasteiger partial charge on any atom is 0.294 e. The molecule has 24 heavy (non-hydrogen) atoms. The Morgan fingerprint density at radius 1 is 1.42 bits per heavy atom. The first-order chi connectivity index (χ1) is 11.5. The van der Waals surface area contributed by atoms with Crippen LogP contribution in [0.4, 0.5) is 0 Å². The summed E-state index contributed by atoms with van der Waals surface area (Å²) in [6, 6.07) is 5.62. The molecule has 0 spiro atoms. The van der Waals surface area contributed by atoms with Gasteiger partial charge in [0.25, 0.3) is 11.7 Å². The monoisotopic (exact) mass is 361 g/mol. The van der Waals surface area contributed by atoms with Gasteiger partial charge >= 0.3 is 0 Å². The highest BCUT2D eigenvalue weighted by Crippen LogP contribution is 2.23. The number of carbonyl (C=O) groups is 1. The first-order valence-corrected chi connectivity index (χ1v) is 8.53. The fourth-order valence-corrected chi connectivity index (χ4v) is 3.50. The molecule has 124 valence electrons. The van der Waals surface area contributed by atoms with Crippen LogP contribution in [-0.4, -0.2) is 36.9 Å². The van der Waals surface area contributed by atoms with Gasteiger partial charge in [-0.3, -0.25) is 4.79 Å². The van der Waals surface area contributed by atoms with E-state index in [2.05, 4.69) is 21.6 Å². The van der Waals surface area contributed by atoms with E-state index in [0.717, 1.165) is 16.3 Å². The van der Waals surface area contributed by atoms with E-state index in [1.807, 2.05) is 32.0 Å². The smallest absolute Gasteiger partial charge is 0.294 e. The predicted molar refractivity (Wildman–Crippen MR) is 94.5 cm³/mol. The Morgan fingerprint density at radius 3 is 2.88 bits per heavy atom. The highest BCUT2D eigenvalue weighted by Gasteiger charge is 2.21. The first kappa shape index (κ1) is 16.6. The molecule has 0 saturated heterocycles. The molecule has 0 saturated carbocycles. The minimum Gasteiger partial charge on any atom is -0.327 e. The lowest BCUT2D eigenvalue weighted by Gasteiger charge is -2.18. The molecule has 3 rings (SSSR count). The molecular weight excluding hydrogens is 346 g/mol. The summed E-state index contributed by atoms with van der Waals surface area (Å²) in [6.45, 7) is 8.33. The van der Waals surface area contributed by atoms with E-state index in [0.29, 0.717) is 23.2 Å². The number of hydrogen-bond acceptors (Lipinski definition) is 5. The predicted octanol–water partition coefficient (Wildman–Crippen LogP) is 3.28. The van der Waals surface area contributed by atoms with Gasteiger partial charge in [-0.15, -0.1) is 23.0 Å². The number of fused-ring (bicyclic) bond motifs is 1. The zero-order chi connectivity index (χ0) is 17.3. The van der Waals surface area contributed by atoms with Crippen LogP contribution in [0.15, 0.2) is 30.9 Å². The van der Waals surface area contributed by atoms with Crippen molar-refractivity contribution >= 4 is 34.6 Å². The molecule has 6 nitrogen and oxygen atoms in total. The van der Waals surface area contributed by atoms with Crippen molar-refractivity contribution in [1.82, 2.24) is 24.5 Å². The largest absolute Gasteiger partial charge is 0.327 e. The lowest BCUT2D eigenvalue weighted by Crippen LogP contribution is -2.31. The standard InChI is InChI=1S/C16H16ClN5OS/c1-4-7-21(9-12-5-6-13(17)24-12)15(23)14-19-16-18-10(2)8-11(3)22(16)20-14/h4-6,8H,1,7,9H2,2-3H3. The molecule has 3 aromatic heterocycles. The maximum absolute atomic E-state index is 12.8. The lowest BCUT2D eigenvalue weighted by molar-refractivity contribution is 0.0752. The van der Waals surface area contributed by atoms with Crippen LogP contribution < -0.4 is 0 Å². The summed E-state index contributed by atoms with van der Waals surface area (Å²) in [7, 11) is 0. The second-order valence-electron chi connectivity index (χ2n) is 5.37. The van der Waals surface area contributed by atoms with E-state index >= 15 is 0 Å². The Hall–Kier alpha value is -2.25. The third-order valence-electron chi connectivity index (χ3n) is 3.42. The van der Waals surface area contributed by atoms with Gasteiger partial charge in [-0.05, 0) is 32.0 Å². The summed E-state index contributed by atoms with van der Waals surface area (Å²) >= 11 is 7.40. The molecule has 3 aromatic rings. The van der Waals surface area contributed by atoms with Crippen LogP contribution in [0.3, 0.4) is 0 Å². The Morgan fingerprint density at radius 2 is 2.21 bits per heavy atom. The van der Waals surface area contributed by atoms with Crippen LogP contribution in [0, 0.1) is 13.8 Å². The van der Waals surface area contributed by atoms with Crippen molar-refractivity contribution in [1.29, 1.82) is 0 Å². The number of halogens is 1. The van der Waals surface area contributed by atoms with Gasteiger partial charge in [0.05, 0.1) is 10.9 Å². The second kappa shape index (κ2) is 6.70. The van der Waals surface area contributed by atoms with Crippen molar-refractivity contribution in [2.24, 2.45) is 0 Å². The minimum atomic E-state index is -0.262. The average Bonchev–Trinajstić information content (AvgIpc) is 3.12. The third kappa shape index (κ3) is 3.32. The molecule has 0 aliphatic heterocycles. The van der Waals surface area contributed by atoms with Gasteiger partial charge in [-0.25, -0.2) is 9.50 Å². The summed E-state index contributed by atoms with van der Waals surface area (Å²) in [6.07, 6.45) is 1.68. The van der Waals surface area contributed by atoms with Crippen molar-refractivity contribution in [3.8, 4) is 0 Å². The van der Waals surface area contributed by atoms with Crippen LogP contribution >= 0.6 is 22.9 Å². The number of carbonyl (C=O) groups excluding carboxylic acids is 1. The fourth-order valence-electron chi connectivity index (χ4n) is 2.40. The van der Waals surface area contributed by atoms with Gasteiger partial charge in [0, 0.05) is 22.8 Å². The number of nitrogens with zero attached hydrogens (tertiary/aromatic N) is 5. The number of rotatable bonds is 5. The highest BCUT2D eigenvalue weighted by molar-refractivity contribution is 7.16. The normalized spacial score (nSPS) is 11.0. The molecule has 0 aliphatic rings. The van der Waals surface area contributed by atoms with E-state index in [9.17, 15) is 4.79 Å². The zero-order valence-electron chi connectivity index (χ0n) is 13.4. The SMILES string of the molecule is C=CCN(Cc1ccc(Cl)s1)C(=O)c1nc2nc(C)cc(C)n2n1. The molecule has 0 unspecified atom stereocenters. The summed E-state index contributed by atoms with van der Waals surface area (Å²) < 4.78 is 2.27. The van der Waals surface area contributed by atoms with E-state index in [1.165, 1.54) is 11.3 Å². The molecule has 3 heterocycles. The average molecular weight is 362 g/mol. The Labute approximate surface area is 148 Å². The molecule has 0 N–H and O–H groups in total. The van der Waals surface area contributed by atoms with Crippen LogP contribution in [0.2, 0.25) is 4.34 Å². The molecule has 0 aliphatic carbocycles. The quantitative estimate of drug-likeness (QED) is 0.654. The highest BCUT2D eigenvalue weighted by atomic mass is 35.5. The Balaban J connectivity index is 1.92. The number of amides is 1. The summed E-state index contributed by atoms with van der Waals surface area (Å²) in [5, 5.41) is 4.30. The second-order valence-corrected chi connectivity index (χ2v) is 7.17. The molecule has 1 amide bonds. The van der Waals surface area contributed by atoms with Crippen molar-refractivity contribution in [3.63, 3.8) is 0 Å². The van der Waals surface area contributed by atoms with E-state index in [-0.39, 0.29) is 11.7 Å². The number of thiophene rings is 1. The maximum atomic E-state index is 12.8. The Bertz CT molecular complexity index is 916. The molecular formula is C16H16ClN5OS. The van der Waals surface area contributed by atoms with Gasteiger partial charge in [-0.2, -0.15) is 4.98 Å². The summed E-state index contributed by atoms with van der Waals surface area (Å²) in [5.74, 6) is 0.288. The van der Waals surface area contributed by atoms with Gasteiger partial charge in [0.2, 0.25) is 5.82 Å². The molecule has 0 bridgehead atoms. The van der Waals surface area contributed by atoms with Crippen LogP contribution in [0.25, 0.3) is 5.78 Å². The minimum absolute atomic E-state index is 0.126. The van der Waals surface area contributed by atoms with E-state index < -0.39 is 0 Å². The van der Waals surface area contributed by atoms with Gasteiger partial charge in [0.15, 0.2) is 0 Å². The number of aromatic nitrogens is 4. The van der Waals surface area contributed by atoms with Crippen molar-refractivity contribution in [3.05, 3.63) is 57.3 Å². The zero-order valence-corrected chi connectivity index (χ0v) is 14.9. The summed E-state index contributed by atoms with van der Waals surface area (Å²) in [4.78, 5) is 24.0. The third-order valence-corrected chi connectivity index (χ3v) is 4.64. The van der Waals surface area contributed by atoms with Crippen LogP contribution in [-0.2, 0) is 6.54 Å². The van der Waals surface area contributed by atoms with E-state index in [1.54, 1.807) is 15.5 Å². The molecule has 0 atom stereocenters.